The largest absolute Gasteiger partial charge is 0.204 e. The van der Waals surface area contributed by atoms with Gasteiger partial charge in [0.2, 0.25) is 0 Å². The molecule has 0 heterocycles. The van der Waals surface area contributed by atoms with Crippen LogP contribution >= 0.6 is 0 Å². The molecule has 0 spiro atoms. The third-order valence-corrected chi connectivity index (χ3v) is 1.96. The van der Waals surface area contributed by atoms with Crippen molar-refractivity contribution >= 4 is 5.57 Å². The Morgan fingerprint density at radius 1 is 0.833 bits per heavy atom. The quantitative estimate of drug-likeness (QED) is 0.333. The Bertz CT molecular complexity index is 655. The van der Waals surface area contributed by atoms with E-state index in [-0.39, 0.29) is 6.07 Å². The molecular formula is C11HF4N3. The molecule has 0 unspecified atom stereocenters. The van der Waals surface area contributed by atoms with E-state index in [0.29, 0.717) is 0 Å². The maximum absolute atomic E-state index is 13.3. The smallest absolute Gasteiger partial charge is 0.198 e. The summed E-state index contributed by atoms with van der Waals surface area (Å²) >= 11 is 0. The van der Waals surface area contributed by atoms with Crippen LogP contribution in [0.1, 0.15) is 5.56 Å². The number of halogens is 4. The summed E-state index contributed by atoms with van der Waals surface area (Å²) in [5.74, 6) is -7.72. The van der Waals surface area contributed by atoms with Crippen LogP contribution in [0.3, 0.4) is 0 Å². The molecule has 0 saturated carbocycles. The zero-order valence-corrected chi connectivity index (χ0v) is 8.43. The van der Waals surface area contributed by atoms with Crippen molar-refractivity contribution in [3.8, 4) is 18.2 Å². The van der Waals surface area contributed by atoms with E-state index in [2.05, 4.69) is 0 Å². The molecule has 0 fully saturated rings. The highest BCUT2D eigenvalue weighted by Gasteiger charge is 2.23. The molecule has 1 rings (SSSR count). The van der Waals surface area contributed by atoms with Crippen molar-refractivity contribution in [3.05, 3.63) is 40.5 Å². The summed E-state index contributed by atoms with van der Waals surface area (Å²) in [6.07, 6.45) is 0. The van der Waals surface area contributed by atoms with Crippen LogP contribution in [0.25, 0.3) is 5.57 Å². The molecule has 0 aromatic heterocycles. The summed E-state index contributed by atoms with van der Waals surface area (Å²) in [7, 11) is 0. The van der Waals surface area contributed by atoms with Gasteiger partial charge in [0.1, 0.15) is 23.8 Å². The number of hydrogen-bond acceptors (Lipinski definition) is 3. The van der Waals surface area contributed by atoms with Crippen LogP contribution in [0.2, 0.25) is 0 Å². The summed E-state index contributed by atoms with van der Waals surface area (Å²) < 4.78 is 51.9. The van der Waals surface area contributed by atoms with Crippen molar-refractivity contribution in [2.75, 3.05) is 0 Å². The van der Waals surface area contributed by atoms with Gasteiger partial charge >= 0.3 is 0 Å². The van der Waals surface area contributed by atoms with Gasteiger partial charge in [-0.1, -0.05) is 0 Å². The number of nitriles is 3. The molecule has 88 valence electrons. The van der Waals surface area contributed by atoms with Crippen LogP contribution in [0, 0.1) is 57.3 Å². The van der Waals surface area contributed by atoms with Gasteiger partial charge < -0.3 is 0 Å². The highest BCUT2D eigenvalue weighted by atomic mass is 19.2. The van der Waals surface area contributed by atoms with Crippen molar-refractivity contribution in [2.24, 2.45) is 0 Å². The zero-order chi connectivity index (χ0) is 13.9. The van der Waals surface area contributed by atoms with Gasteiger partial charge in [-0.05, 0) is 6.07 Å². The van der Waals surface area contributed by atoms with Crippen molar-refractivity contribution in [1.29, 1.82) is 15.8 Å². The molecule has 3 nitrogen and oxygen atoms in total. The highest BCUT2D eigenvalue weighted by molar-refractivity contribution is 5.84. The van der Waals surface area contributed by atoms with E-state index in [0.717, 1.165) is 0 Å². The number of allylic oxidation sites excluding steroid dienone is 2. The maximum atomic E-state index is 13.3. The number of benzene rings is 1. The number of hydrogen-bond donors (Lipinski definition) is 0. The molecule has 1 aromatic carbocycles. The third kappa shape index (κ3) is 2.00. The van der Waals surface area contributed by atoms with Crippen molar-refractivity contribution in [3.63, 3.8) is 0 Å². The van der Waals surface area contributed by atoms with Gasteiger partial charge in [0.15, 0.2) is 23.3 Å². The van der Waals surface area contributed by atoms with E-state index >= 15 is 0 Å². The van der Waals surface area contributed by atoms with Gasteiger partial charge in [0, 0.05) is 5.56 Å². The minimum Gasteiger partial charge on any atom is -0.204 e. The Kier molecular flexibility index (Phi) is 3.66. The third-order valence-electron chi connectivity index (χ3n) is 1.96. The minimum atomic E-state index is -2.12. The second-order valence-electron chi connectivity index (χ2n) is 2.93. The topological polar surface area (TPSA) is 71.4 Å². The lowest BCUT2D eigenvalue weighted by Crippen LogP contribution is -2.01. The normalized spacial score (nSPS) is 8.94. The lowest BCUT2D eigenvalue weighted by Gasteiger charge is -2.04. The van der Waals surface area contributed by atoms with Gasteiger partial charge in [0.25, 0.3) is 0 Å². The van der Waals surface area contributed by atoms with Crippen LogP contribution in [0.5, 0.6) is 0 Å². The molecule has 1 aromatic rings. The molecule has 0 aliphatic rings. The Morgan fingerprint density at radius 3 is 1.83 bits per heavy atom. The average Bonchev–Trinajstić information content (AvgIpc) is 2.38. The number of nitrogens with zero attached hydrogens (tertiary/aromatic N) is 3. The molecule has 0 aliphatic carbocycles. The van der Waals surface area contributed by atoms with Gasteiger partial charge in [-0.2, -0.15) is 15.8 Å². The fourth-order valence-electron chi connectivity index (χ4n) is 1.14. The number of rotatable bonds is 1. The van der Waals surface area contributed by atoms with Crippen molar-refractivity contribution < 1.29 is 17.6 Å². The molecule has 0 aliphatic heterocycles. The van der Waals surface area contributed by atoms with Gasteiger partial charge in [0.05, 0.1) is 5.57 Å². The summed E-state index contributed by atoms with van der Waals surface area (Å²) in [6, 6.07) is 4.03. The van der Waals surface area contributed by atoms with Gasteiger partial charge in [-0.15, -0.1) is 0 Å². The molecule has 0 saturated heterocycles. The first-order valence-electron chi connectivity index (χ1n) is 4.25. The summed E-state index contributed by atoms with van der Waals surface area (Å²) in [6.45, 7) is 0. The van der Waals surface area contributed by atoms with E-state index < -0.39 is 40.0 Å². The molecule has 0 N–H and O–H groups in total. The Hall–Kier alpha value is -2.85. The predicted molar refractivity (Wildman–Crippen MR) is 50.0 cm³/mol. The lowest BCUT2D eigenvalue weighted by atomic mass is 10.0. The molecular weight excluding hydrogens is 250 g/mol. The van der Waals surface area contributed by atoms with Crippen LogP contribution in [-0.2, 0) is 0 Å². The standard InChI is InChI=1S/C11HF4N3/c12-8-1-6(9(13)11(15)10(8)14)7(4-18)5(2-16)3-17/h1H. The molecule has 7 heteroatoms. The highest BCUT2D eigenvalue weighted by Crippen LogP contribution is 2.26. The second-order valence-corrected chi connectivity index (χ2v) is 2.93. The molecule has 0 amide bonds. The van der Waals surface area contributed by atoms with Crippen LogP contribution < -0.4 is 0 Å². The second kappa shape index (κ2) is 4.99. The Balaban J connectivity index is 3.75. The summed E-state index contributed by atoms with van der Waals surface area (Å²) in [4.78, 5) is 0. The van der Waals surface area contributed by atoms with E-state index in [9.17, 15) is 17.6 Å². The van der Waals surface area contributed by atoms with Gasteiger partial charge in [-0.25, -0.2) is 17.6 Å². The van der Waals surface area contributed by atoms with Crippen LogP contribution in [-0.4, -0.2) is 0 Å². The minimum absolute atomic E-state index is 0.209. The molecule has 18 heavy (non-hydrogen) atoms. The van der Waals surface area contributed by atoms with Crippen LogP contribution in [0.15, 0.2) is 11.6 Å². The fourth-order valence-corrected chi connectivity index (χ4v) is 1.14. The first-order valence-corrected chi connectivity index (χ1v) is 4.25. The summed E-state index contributed by atoms with van der Waals surface area (Å²) in [5.41, 5.74) is -2.68. The van der Waals surface area contributed by atoms with E-state index in [1.54, 1.807) is 0 Å². The average molecular weight is 251 g/mol. The molecule has 0 bridgehead atoms. The first kappa shape index (κ1) is 13.2. The monoisotopic (exact) mass is 251 g/mol. The first-order chi connectivity index (χ1) is 8.47. The SMILES string of the molecule is N#CC(C#N)=C(C#N)c1cc(F)c(F)c(F)c1F. The molecule has 0 radical (unpaired) electrons. The zero-order valence-electron chi connectivity index (χ0n) is 8.43. The van der Waals surface area contributed by atoms with Crippen LogP contribution in [0.4, 0.5) is 17.6 Å². The molecule has 0 atom stereocenters. The van der Waals surface area contributed by atoms with Crippen molar-refractivity contribution in [2.45, 2.75) is 0 Å². The van der Waals surface area contributed by atoms with Gasteiger partial charge in [-0.3, -0.25) is 0 Å². The van der Waals surface area contributed by atoms with E-state index in [1.165, 1.54) is 18.2 Å². The van der Waals surface area contributed by atoms with E-state index in [4.69, 9.17) is 15.8 Å². The summed E-state index contributed by atoms with van der Waals surface area (Å²) in [5, 5.41) is 25.7. The van der Waals surface area contributed by atoms with E-state index in [1.807, 2.05) is 0 Å². The van der Waals surface area contributed by atoms with Crippen molar-refractivity contribution in [1.82, 2.24) is 0 Å². The Morgan fingerprint density at radius 2 is 1.39 bits per heavy atom. The predicted octanol–water partition coefficient (Wildman–Crippen LogP) is 2.57. The fraction of sp³-hybridized carbons (Fsp3) is 0. The lowest BCUT2D eigenvalue weighted by molar-refractivity contribution is 0.408. The Labute approximate surface area is 98.4 Å². The maximum Gasteiger partial charge on any atom is 0.198 e.